The molecule has 0 saturated carbocycles. The van der Waals surface area contributed by atoms with Gasteiger partial charge < -0.3 is 10.6 Å². The first-order valence-corrected chi connectivity index (χ1v) is 8.39. The molecule has 1 aromatic carbocycles. The van der Waals surface area contributed by atoms with Crippen LogP contribution in [0.25, 0.3) is 0 Å². The Morgan fingerprint density at radius 1 is 0.962 bits per heavy atom. The number of anilines is 1. The van der Waals surface area contributed by atoms with Crippen molar-refractivity contribution in [2.24, 2.45) is 5.10 Å². The van der Waals surface area contributed by atoms with E-state index in [0.717, 1.165) is 0 Å². The highest BCUT2D eigenvalue weighted by Gasteiger charge is 2.27. The highest BCUT2D eigenvalue weighted by atomic mass is 35.5. The van der Waals surface area contributed by atoms with E-state index in [0.29, 0.717) is 10.8 Å². The maximum Gasteiger partial charge on any atom is 0.282 e. The summed E-state index contributed by atoms with van der Waals surface area (Å²) in [6.45, 7) is 0. The molecule has 0 unspecified atom stereocenters. The number of carbonyl (C=O) groups is 2. The van der Waals surface area contributed by atoms with E-state index in [9.17, 15) is 9.59 Å². The zero-order valence-electron chi connectivity index (χ0n) is 13.0. The second-order valence-corrected chi connectivity index (χ2v) is 6.28. The van der Waals surface area contributed by atoms with E-state index in [1.165, 1.54) is 23.9 Å². The molecular weight excluding hydrogens is 401 g/mol. The van der Waals surface area contributed by atoms with Crippen molar-refractivity contribution in [2.45, 2.75) is 0 Å². The van der Waals surface area contributed by atoms with E-state index in [-0.39, 0.29) is 27.0 Å². The van der Waals surface area contributed by atoms with Gasteiger partial charge >= 0.3 is 0 Å². The van der Waals surface area contributed by atoms with Crippen LogP contribution in [-0.4, -0.2) is 22.5 Å². The maximum absolute atomic E-state index is 12.5. The molecule has 0 radical (unpaired) electrons. The summed E-state index contributed by atoms with van der Waals surface area (Å²) in [5.74, 6) is -1.06. The smallest absolute Gasteiger partial charge is 0.282 e. The molecule has 1 aliphatic heterocycles. The first-order valence-electron chi connectivity index (χ1n) is 7.25. The first kappa shape index (κ1) is 18.3. The summed E-state index contributed by atoms with van der Waals surface area (Å²) in [4.78, 5) is 28.7. The van der Waals surface area contributed by atoms with Gasteiger partial charge in [-0.15, -0.1) is 0 Å². The average Bonchev–Trinajstić information content (AvgIpc) is 3.05. The lowest BCUT2D eigenvalue weighted by Gasteiger charge is -2.09. The van der Waals surface area contributed by atoms with Crippen LogP contribution in [0.2, 0.25) is 15.2 Å². The van der Waals surface area contributed by atoms with Crippen LogP contribution in [0.5, 0.6) is 0 Å². The molecule has 3 rings (SSSR count). The van der Waals surface area contributed by atoms with Crippen LogP contribution in [0.15, 0.2) is 53.5 Å². The van der Waals surface area contributed by atoms with E-state index in [4.69, 9.17) is 34.8 Å². The van der Waals surface area contributed by atoms with Crippen LogP contribution in [0.1, 0.15) is 10.4 Å². The number of quaternary nitrogens is 1. The van der Waals surface area contributed by atoms with Gasteiger partial charge in [-0.2, -0.15) is 5.43 Å². The molecule has 10 heteroatoms. The number of carbonyl (C=O) groups excluding carboxylic acids is 2. The predicted molar refractivity (Wildman–Crippen MR) is 99.2 cm³/mol. The second-order valence-electron chi connectivity index (χ2n) is 5.08. The van der Waals surface area contributed by atoms with Crippen molar-refractivity contribution in [2.75, 3.05) is 5.32 Å². The largest absolute Gasteiger partial charge is 0.319 e. The van der Waals surface area contributed by atoms with E-state index in [1.807, 2.05) is 0 Å². The van der Waals surface area contributed by atoms with Crippen LogP contribution in [0.3, 0.4) is 0 Å². The quantitative estimate of drug-likeness (QED) is 0.531. The minimum absolute atomic E-state index is 0.0384. The molecule has 0 atom stereocenters. The second kappa shape index (κ2) is 7.84. The molecule has 2 aromatic rings. The van der Waals surface area contributed by atoms with Gasteiger partial charge in [-0.25, -0.2) is 4.98 Å². The number of amides is 2. The standard InChI is InChI=1S/C16H10Cl3N5O2/c17-9-2-1-3-10(18)13(9)15(25)23-11-7-21-24-14(11)16(26)22-8-4-5-12(19)20-6-8/h1-7H,(H,21,24)(H,22,26)(H,23,25)/p+1. The lowest BCUT2D eigenvalue weighted by Crippen LogP contribution is -2.69. The number of aromatic nitrogens is 1. The molecule has 0 spiro atoms. The average molecular weight is 412 g/mol. The van der Waals surface area contributed by atoms with Crippen molar-refractivity contribution in [1.29, 1.82) is 0 Å². The molecule has 4 N–H and O–H groups in total. The van der Waals surface area contributed by atoms with E-state index in [1.54, 1.807) is 24.3 Å². The fraction of sp³-hybridized carbons (Fsp3) is 0. The molecule has 1 aromatic heterocycles. The minimum Gasteiger partial charge on any atom is -0.319 e. The lowest BCUT2D eigenvalue weighted by molar-refractivity contribution is -0.590. The Hall–Kier alpha value is -2.45. The Kier molecular flexibility index (Phi) is 5.53. The van der Waals surface area contributed by atoms with Gasteiger partial charge in [0.25, 0.3) is 11.8 Å². The Bertz CT molecular complexity index is 921. The third-order valence-electron chi connectivity index (χ3n) is 3.34. The molecular formula is C16H11Cl3N5O2+. The summed E-state index contributed by atoms with van der Waals surface area (Å²) in [5, 5.41) is 9.91. The maximum atomic E-state index is 12.5. The van der Waals surface area contributed by atoms with E-state index in [2.05, 4.69) is 20.7 Å². The minimum atomic E-state index is -0.546. The molecule has 0 bridgehead atoms. The number of pyridine rings is 1. The fourth-order valence-corrected chi connectivity index (χ4v) is 2.84. The number of nitrogens with two attached hydrogens (primary N) is 1. The summed E-state index contributed by atoms with van der Waals surface area (Å²) >= 11 is 17.8. The number of hydrogen-bond acceptors (Lipinski definition) is 4. The van der Waals surface area contributed by atoms with Crippen LogP contribution >= 0.6 is 34.8 Å². The van der Waals surface area contributed by atoms with E-state index < -0.39 is 11.8 Å². The first-order chi connectivity index (χ1) is 12.5. The third kappa shape index (κ3) is 4.03. The van der Waals surface area contributed by atoms with Gasteiger partial charge in [-0.3, -0.25) is 9.59 Å². The van der Waals surface area contributed by atoms with Gasteiger partial charge in [-0.1, -0.05) is 46.0 Å². The molecule has 0 saturated heterocycles. The summed E-state index contributed by atoms with van der Waals surface area (Å²) in [7, 11) is 0. The van der Waals surface area contributed by atoms with Crippen molar-refractivity contribution < 1.29 is 15.0 Å². The van der Waals surface area contributed by atoms with Gasteiger partial charge in [0.05, 0.1) is 27.5 Å². The third-order valence-corrected chi connectivity index (χ3v) is 4.19. The molecule has 2 amide bonds. The van der Waals surface area contributed by atoms with Gasteiger partial charge in [-0.05, 0) is 24.3 Å². The van der Waals surface area contributed by atoms with Crippen LogP contribution in [0.4, 0.5) is 5.69 Å². The van der Waals surface area contributed by atoms with Gasteiger partial charge in [0.15, 0.2) is 0 Å². The topological polar surface area (TPSA) is 100 Å². The van der Waals surface area contributed by atoms with Crippen molar-refractivity contribution in [3.05, 3.63) is 69.2 Å². The Morgan fingerprint density at radius 3 is 2.35 bits per heavy atom. The molecule has 132 valence electrons. The highest BCUT2D eigenvalue weighted by molar-refractivity contribution is 6.49. The van der Waals surface area contributed by atoms with Crippen molar-refractivity contribution >= 4 is 58.0 Å². The van der Waals surface area contributed by atoms with E-state index >= 15 is 0 Å². The predicted octanol–water partition coefficient (Wildman–Crippen LogP) is 2.18. The number of nitrogens with one attached hydrogen (secondary N) is 2. The monoisotopic (exact) mass is 410 g/mol. The Balaban J connectivity index is 1.73. The SMILES string of the molecule is O=C(Nc1ccc(Cl)nc1)C1=N[NH2+]C=C1NC(=O)c1c(Cl)cccc1Cl. The van der Waals surface area contributed by atoms with Crippen LogP contribution in [-0.2, 0) is 4.79 Å². The Labute approximate surface area is 163 Å². The number of rotatable bonds is 4. The van der Waals surface area contributed by atoms with Crippen molar-refractivity contribution in [3.63, 3.8) is 0 Å². The zero-order valence-corrected chi connectivity index (χ0v) is 15.2. The lowest BCUT2D eigenvalue weighted by atomic mass is 10.2. The van der Waals surface area contributed by atoms with Crippen molar-refractivity contribution in [1.82, 2.24) is 10.3 Å². The zero-order chi connectivity index (χ0) is 18.7. The molecule has 0 aliphatic carbocycles. The van der Waals surface area contributed by atoms with Gasteiger partial charge in [0.2, 0.25) is 5.71 Å². The van der Waals surface area contributed by atoms with Crippen LogP contribution in [0, 0.1) is 0 Å². The molecule has 0 fully saturated rings. The molecule has 26 heavy (non-hydrogen) atoms. The summed E-state index contributed by atoms with van der Waals surface area (Å²) < 4.78 is 0. The van der Waals surface area contributed by atoms with Crippen molar-refractivity contribution in [3.8, 4) is 0 Å². The Morgan fingerprint density at radius 2 is 1.69 bits per heavy atom. The molecule has 1 aliphatic rings. The number of nitrogens with zero attached hydrogens (tertiary/aromatic N) is 2. The normalized spacial score (nSPS) is 13.0. The van der Waals surface area contributed by atoms with Gasteiger partial charge in [0.1, 0.15) is 17.1 Å². The number of benzene rings is 1. The summed E-state index contributed by atoms with van der Waals surface area (Å²) in [6, 6.07) is 7.86. The molecule has 7 nitrogen and oxygen atoms in total. The molecule has 2 heterocycles. The number of hydrogen-bond donors (Lipinski definition) is 3. The summed E-state index contributed by atoms with van der Waals surface area (Å²) in [5.41, 5.74) is 2.22. The number of halogens is 3. The fourth-order valence-electron chi connectivity index (χ4n) is 2.16. The van der Waals surface area contributed by atoms with Gasteiger partial charge in [0, 0.05) is 0 Å². The van der Waals surface area contributed by atoms with Crippen LogP contribution < -0.4 is 16.1 Å². The summed E-state index contributed by atoms with van der Waals surface area (Å²) in [6.07, 6.45) is 2.91. The highest BCUT2D eigenvalue weighted by Crippen LogP contribution is 2.24.